The normalized spacial score (nSPS) is 17.4. The Balaban J connectivity index is 2.27. The zero-order valence-corrected chi connectivity index (χ0v) is 31.4. The van der Waals surface area contributed by atoms with Crippen molar-refractivity contribution in [2.45, 2.75) is 105 Å². The van der Waals surface area contributed by atoms with E-state index in [0.29, 0.717) is 16.2 Å². The topological polar surface area (TPSA) is 0 Å². The van der Waals surface area contributed by atoms with E-state index in [0.717, 1.165) is 0 Å². The van der Waals surface area contributed by atoms with Crippen LogP contribution in [0.25, 0.3) is 0 Å². The van der Waals surface area contributed by atoms with E-state index < -0.39 is 24.1 Å². The SMILES string of the molecule is Cc1ccccc1P(CC1C=C([Si](C)(C)C)C([Si](C)(C)C)=C1CP(C(C)(C)C)C(C)(C)C)c1ccccc1C. The summed E-state index contributed by atoms with van der Waals surface area (Å²) in [6, 6.07) is 18.4. The molecule has 0 amide bonds. The molecule has 0 saturated carbocycles. The number of hydrogen-bond acceptors (Lipinski definition) is 0. The van der Waals surface area contributed by atoms with Gasteiger partial charge < -0.3 is 0 Å². The first-order valence-corrected chi connectivity index (χ1v) is 24.9. The Kier molecular flexibility index (Phi) is 9.93. The summed E-state index contributed by atoms with van der Waals surface area (Å²) >= 11 is 0. The molecule has 0 fully saturated rings. The van der Waals surface area contributed by atoms with Crippen LogP contribution in [-0.2, 0) is 0 Å². The van der Waals surface area contributed by atoms with Crippen molar-refractivity contribution in [2.24, 2.45) is 5.92 Å². The van der Waals surface area contributed by atoms with Gasteiger partial charge in [-0.25, -0.2) is 0 Å². The summed E-state index contributed by atoms with van der Waals surface area (Å²) in [5.41, 5.74) is 4.74. The van der Waals surface area contributed by atoms with Gasteiger partial charge in [0.2, 0.25) is 0 Å². The van der Waals surface area contributed by atoms with E-state index in [-0.39, 0.29) is 7.92 Å². The van der Waals surface area contributed by atoms with Crippen LogP contribution in [0.5, 0.6) is 0 Å². The van der Waals surface area contributed by atoms with Crippen molar-refractivity contribution >= 4 is 42.6 Å². The highest BCUT2D eigenvalue weighted by Gasteiger charge is 2.43. The summed E-state index contributed by atoms with van der Waals surface area (Å²) in [5, 5.41) is 7.45. The summed E-state index contributed by atoms with van der Waals surface area (Å²) in [7, 11) is -3.72. The standard InChI is InChI=1S/C35H56P2Si2/c1-26-19-15-17-21-30(26)36(31-22-18-16-20-27(31)2)24-28-23-32(38(9,10)11)33(39(12,13)14)29(28)25-37(34(3,4)5)35(6,7)8/h15-23,28H,24-25H2,1-14H3. The van der Waals surface area contributed by atoms with Crippen LogP contribution in [0.4, 0.5) is 0 Å². The largest absolute Gasteiger partial charge is 0.0915 e. The fraction of sp³-hybridized carbons (Fsp3) is 0.543. The molecule has 1 atom stereocenters. The van der Waals surface area contributed by atoms with Gasteiger partial charge in [0, 0.05) is 5.92 Å². The minimum absolute atomic E-state index is 0.201. The second-order valence-corrected chi connectivity index (χ2v) is 31.8. The zero-order valence-electron chi connectivity index (χ0n) is 27.6. The zero-order chi connectivity index (χ0) is 29.6. The third kappa shape index (κ3) is 7.74. The Morgan fingerprint density at radius 2 is 1.10 bits per heavy atom. The molecule has 2 aromatic rings. The van der Waals surface area contributed by atoms with Crippen molar-refractivity contribution in [3.05, 3.63) is 81.7 Å². The quantitative estimate of drug-likeness (QED) is 0.211. The predicted molar refractivity (Wildman–Crippen MR) is 190 cm³/mol. The fourth-order valence-electron chi connectivity index (χ4n) is 6.52. The first-order valence-electron chi connectivity index (χ1n) is 14.9. The van der Waals surface area contributed by atoms with Crippen molar-refractivity contribution in [3.8, 4) is 0 Å². The third-order valence-corrected chi connectivity index (χ3v) is 19.3. The number of rotatable bonds is 8. The Hall–Kier alpha value is -0.786. The highest BCUT2D eigenvalue weighted by Crippen LogP contribution is 2.62. The maximum absolute atomic E-state index is 2.82. The van der Waals surface area contributed by atoms with Gasteiger partial charge in [0.05, 0.1) is 16.1 Å². The summed E-state index contributed by atoms with van der Waals surface area (Å²) in [4.78, 5) is 0. The number of aryl methyl sites for hydroxylation is 2. The molecule has 0 bridgehead atoms. The molecule has 0 aliphatic heterocycles. The highest BCUT2D eigenvalue weighted by molar-refractivity contribution is 7.73. The molecule has 1 aliphatic rings. The first kappa shape index (κ1) is 32.7. The van der Waals surface area contributed by atoms with Gasteiger partial charge in [-0.1, -0.05) is 159 Å². The third-order valence-electron chi connectivity index (χ3n) is 8.10. The smallest absolute Gasteiger partial charge is 0.0774 e. The Morgan fingerprint density at radius 3 is 1.46 bits per heavy atom. The van der Waals surface area contributed by atoms with Crippen LogP contribution in [0, 0.1) is 19.8 Å². The van der Waals surface area contributed by atoms with Crippen LogP contribution in [0.2, 0.25) is 39.3 Å². The van der Waals surface area contributed by atoms with Gasteiger partial charge in [-0.05, 0) is 66.1 Å². The predicted octanol–water partition coefficient (Wildman–Crippen LogP) is 10.4. The van der Waals surface area contributed by atoms with E-state index in [9.17, 15) is 0 Å². The van der Waals surface area contributed by atoms with Gasteiger partial charge in [-0.3, -0.25) is 0 Å². The van der Waals surface area contributed by atoms with E-state index >= 15 is 0 Å². The van der Waals surface area contributed by atoms with Crippen LogP contribution < -0.4 is 10.6 Å². The van der Waals surface area contributed by atoms with Crippen LogP contribution in [-0.4, -0.2) is 38.8 Å². The Labute approximate surface area is 246 Å². The molecule has 1 unspecified atom stereocenters. The average Bonchev–Trinajstić information content (AvgIpc) is 3.14. The fourth-order valence-corrected chi connectivity index (χ4v) is 19.3. The van der Waals surface area contributed by atoms with E-state index in [1.165, 1.54) is 23.5 Å². The Morgan fingerprint density at radius 1 is 0.667 bits per heavy atom. The molecule has 0 aromatic heterocycles. The van der Waals surface area contributed by atoms with Gasteiger partial charge >= 0.3 is 0 Å². The molecule has 2 aromatic carbocycles. The lowest BCUT2D eigenvalue weighted by Gasteiger charge is -2.43. The summed E-state index contributed by atoms with van der Waals surface area (Å²) < 4.78 is 0. The lowest BCUT2D eigenvalue weighted by molar-refractivity contribution is 0.703. The molecule has 0 spiro atoms. The molecule has 0 saturated heterocycles. The molecule has 39 heavy (non-hydrogen) atoms. The molecule has 3 rings (SSSR count). The van der Waals surface area contributed by atoms with Crippen molar-refractivity contribution < 1.29 is 0 Å². The van der Waals surface area contributed by atoms with Gasteiger partial charge in [0.15, 0.2) is 0 Å². The molecule has 1 aliphatic carbocycles. The number of hydrogen-bond donors (Lipinski definition) is 0. The number of allylic oxidation sites excluding steroid dienone is 4. The van der Waals surface area contributed by atoms with Crippen molar-refractivity contribution in [2.75, 3.05) is 12.3 Å². The van der Waals surface area contributed by atoms with Crippen LogP contribution >= 0.6 is 15.8 Å². The van der Waals surface area contributed by atoms with Crippen molar-refractivity contribution in [3.63, 3.8) is 0 Å². The maximum atomic E-state index is 2.82. The van der Waals surface area contributed by atoms with E-state index in [1.54, 1.807) is 15.8 Å². The van der Waals surface area contributed by atoms with Crippen molar-refractivity contribution in [1.29, 1.82) is 0 Å². The summed E-state index contributed by atoms with van der Waals surface area (Å²) in [6.45, 7) is 35.3. The molecule has 4 heteroatoms. The lowest BCUT2D eigenvalue weighted by atomic mass is 10.1. The van der Waals surface area contributed by atoms with Crippen molar-refractivity contribution in [1.82, 2.24) is 0 Å². The van der Waals surface area contributed by atoms with E-state index in [1.807, 2.05) is 10.8 Å². The van der Waals surface area contributed by atoms with Gasteiger partial charge in [0.25, 0.3) is 0 Å². The molecule has 0 radical (unpaired) electrons. The Bertz CT molecular complexity index is 1170. The van der Waals surface area contributed by atoms with E-state index in [2.05, 4.69) is 149 Å². The molecule has 214 valence electrons. The van der Waals surface area contributed by atoms with Gasteiger partial charge in [0.1, 0.15) is 0 Å². The number of benzene rings is 2. The van der Waals surface area contributed by atoms with Crippen LogP contribution in [0.1, 0.15) is 52.7 Å². The molecule has 0 nitrogen and oxygen atoms in total. The summed E-state index contributed by atoms with van der Waals surface area (Å²) in [5.74, 6) is 0.550. The van der Waals surface area contributed by atoms with Gasteiger partial charge in [-0.2, -0.15) is 0 Å². The molecule has 0 N–H and O–H groups in total. The molecule has 0 heterocycles. The maximum Gasteiger partial charge on any atom is 0.0774 e. The summed E-state index contributed by atoms with van der Waals surface area (Å²) in [6.07, 6.45) is 5.35. The van der Waals surface area contributed by atoms with Crippen LogP contribution in [0.3, 0.4) is 0 Å². The highest BCUT2D eigenvalue weighted by atomic mass is 31.1. The minimum Gasteiger partial charge on any atom is -0.0915 e. The molecular weight excluding hydrogens is 539 g/mol. The second-order valence-electron chi connectivity index (χ2n) is 15.7. The lowest BCUT2D eigenvalue weighted by Crippen LogP contribution is -2.35. The molecular formula is C35H56P2Si2. The van der Waals surface area contributed by atoms with E-state index in [4.69, 9.17) is 0 Å². The van der Waals surface area contributed by atoms with Gasteiger partial charge in [-0.15, -0.1) is 0 Å². The first-order chi connectivity index (χ1) is 17.7. The minimum atomic E-state index is -1.55. The van der Waals surface area contributed by atoms with Crippen LogP contribution in [0.15, 0.2) is 70.6 Å². The monoisotopic (exact) mass is 594 g/mol. The second kappa shape index (κ2) is 11.8. The average molecular weight is 595 g/mol.